The highest BCUT2D eigenvalue weighted by Crippen LogP contribution is 2.40. The van der Waals surface area contributed by atoms with Gasteiger partial charge in [-0.1, -0.05) is 66.7 Å². The summed E-state index contributed by atoms with van der Waals surface area (Å²) < 4.78 is 43.8. The summed E-state index contributed by atoms with van der Waals surface area (Å²) in [5.41, 5.74) is 1.43. The first-order chi connectivity index (χ1) is 15.7. The van der Waals surface area contributed by atoms with Gasteiger partial charge in [0.05, 0.1) is 11.3 Å². The number of alkyl halides is 3. The van der Waals surface area contributed by atoms with Crippen LogP contribution in [0.25, 0.3) is 0 Å². The number of hydrogen-bond acceptors (Lipinski definition) is 4. The van der Waals surface area contributed by atoms with Crippen molar-refractivity contribution in [1.29, 1.82) is 0 Å². The molecule has 1 heterocycles. The van der Waals surface area contributed by atoms with Crippen molar-refractivity contribution in [2.24, 2.45) is 4.99 Å². The molecule has 0 aromatic heterocycles. The van der Waals surface area contributed by atoms with E-state index in [4.69, 9.17) is 0 Å². The van der Waals surface area contributed by atoms with Crippen LogP contribution in [0.4, 0.5) is 18.9 Å². The number of aliphatic hydroxyl groups is 1. The molecule has 0 bridgehead atoms. The zero-order valence-electron chi connectivity index (χ0n) is 18.2. The lowest BCUT2D eigenvalue weighted by Crippen LogP contribution is -2.40. The number of nitrogens with zero attached hydrogens (tertiary/aromatic N) is 2. The molecule has 1 N–H and O–H groups in total. The van der Waals surface area contributed by atoms with Gasteiger partial charge >= 0.3 is 6.36 Å². The normalized spacial score (nSPS) is 16.3. The van der Waals surface area contributed by atoms with Gasteiger partial charge in [0.1, 0.15) is 5.69 Å². The lowest BCUT2D eigenvalue weighted by atomic mass is 9.84. The smallest absolute Gasteiger partial charge is 0.403 e. The molecule has 3 aromatic rings. The molecule has 0 spiro atoms. The molecule has 0 atom stereocenters. The summed E-state index contributed by atoms with van der Waals surface area (Å²) in [6.07, 6.45) is -3.90. The van der Waals surface area contributed by atoms with Gasteiger partial charge in [-0.15, -0.1) is 13.2 Å². The van der Waals surface area contributed by atoms with Crippen LogP contribution in [0.3, 0.4) is 0 Å². The molecule has 1 fully saturated rings. The monoisotopic (exact) mass is 454 g/mol. The van der Waals surface area contributed by atoms with Crippen LogP contribution < -0.4 is 4.74 Å². The van der Waals surface area contributed by atoms with Gasteiger partial charge in [0.2, 0.25) is 0 Å². The van der Waals surface area contributed by atoms with Gasteiger partial charge in [-0.3, -0.25) is 0 Å². The maximum absolute atomic E-state index is 13.2. The quantitative estimate of drug-likeness (QED) is 0.506. The standard InChI is InChI=1S/C26H25F3N2O2/c1-31-16-14-25(32,15-17-31)21-12-13-23(33-26(27,28)29)22(18-21)30-24(19-8-4-2-5-9-19)20-10-6-3-7-11-20/h2-13,18,32H,14-17H2,1H3. The summed E-state index contributed by atoms with van der Waals surface area (Å²) in [5, 5.41) is 11.2. The molecule has 0 radical (unpaired) electrons. The molecule has 4 nitrogen and oxygen atoms in total. The summed E-state index contributed by atoms with van der Waals surface area (Å²) in [5.74, 6) is -0.410. The van der Waals surface area contributed by atoms with Gasteiger partial charge in [0, 0.05) is 24.2 Å². The highest BCUT2D eigenvalue weighted by Gasteiger charge is 2.35. The van der Waals surface area contributed by atoms with E-state index in [1.807, 2.05) is 67.7 Å². The fourth-order valence-corrected chi connectivity index (χ4v) is 3.99. The van der Waals surface area contributed by atoms with E-state index in [0.29, 0.717) is 37.2 Å². The van der Waals surface area contributed by atoms with E-state index >= 15 is 0 Å². The first kappa shape index (κ1) is 23.0. The minimum absolute atomic E-state index is 0.0138. The highest BCUT2D eigenvalue weighted by atomic mass is 19.4. The topological polar surface area (TPSA) is 45.1 Å². The molecule has 172 valence electrons. The molecule has 4 rings (SSSR count). The van der Waals surface area contributed by atoms with Gasteiger partial charge in [-0.2, -0.15) is 0 Å². The Morgan fingerprint density at radius 1 is 0.909 bits per heavy atom. The van der Waals surface area contributed by atoms with E-state index in [-0.39, 0.29) is 5.69 Å². The lowest BCUT2D eigenvalue weighted by Gasteiger charge is -2.37. The molecule has 33 heavy (non-hydrogen) atoms. The third-order valence-corrected chi connectivity index (χ3v) is 5.86. The van der Waals surface area contributed by atoms with Crippen molar-refractivity contribution in [2.45, 2.75) is 24.8 Å². The maximum atomic E-state index is 13.2. The Kier molecular flexibility index (Phi) is 6.54. The highest BCUT2D eigenvalue weighted by molar-refractivity contribution is 6.14. The average Bonchev–Trinajstić information content (AvgIpc) is 2.80. The van der Waals surface area contributed by atoms with E-state index in [9.17, 15) is 18.3 Å². The van der Waals surface area contributed by atoms with E-state index in [1.165, 1.54) is 18.2 Å². The van der Waals surface area contributed by atoms with Crippen LogP contribution in [0.15, 0.2) is 83.9 Å². The van der Waals surface area contributed by atoms with Crippen LogP contribution in [0.5, 0.6) is 5.75 Å². The number of rotatable bonds is 5. The zero-order chi connectivity index (χ0) is 23.5. The molecule has 1 saturated heterocycles. The first-order valence-corrected chi connectivity index (χ1v) is 10.7. The van der Waals surface area contributed by atoms with Gasteiger partial charge in [-0.25, -0.2) is 4.99 Å². The molecule has 7 heteroatoms. The Labute approximate surface area is 191 Å². The Balaban J connectivity index is 1.85. The van der Waals surface area contributed by atoms with E-state index in [1.54, 1.807) is 0 Å². The largest absolute Gasteiger partial charge is 0.573 e. The average molecular weight is 454 g/mol. The Morgan fingerprint density at radius 3 is 1.97 bits per heavy atom. The maximum Gasteiger partial charge on any atom is 0.573 e. The Hall–Kier alpha value is -3.16. The number of piperidine rings is 1. The molecular weight excluding hydrogens is 429 g/mol. The van der Waals surface area contributed by atoms with Crippen molar-refractivity contribution >= 4 is 11.4 Å². The second kappa shape index (κ2) is 9.37. The van der Waals surface area contributed by atoms with Crippen LogP contribution in [-0.2, 0) is 5.60 Å². The van der Waals surface area contributed by atoms with Gasteiger partial charge < -0.3 is 14.7 Å². The minimum Gasteiger partial charge on any atom is -0.403 e. The molecule has 0 unspecified atom stereocenters. The summed E-state index contributed by atoms with van der Waals surface area (Å²) >= 11 is 0. The lowest BCUT2D eigenvalue weighted by molar-refractivity contribution is -0.274. The van der Waals surface area contributed by atoms with E-state index < -0.39 is 17.7 Å². The summed E-state index contributed by atoms with van der Waals surface area (Å²) in [7, 11) is 1.97. The zero-order valence-corrected chi connectivity index (χ0v) is 18.2. The third kappa shape index (κ3) is 5.61. The van der Waals surface area contributed by atoms with Crippen LogP contribution >= 0.6 is 0 Å². The van der Waals surface area contributed by atoms with Gasteiger partial charge in [0.25, 0.3) is 0 Å². The van der Waals surface area contributed by atoms with Crippen molar-refractivity contribution in [3.05, 3.63) is 95.6 Å². The number of hydrogen-bond donors (Lipinski definition) is 1. The summed E-state index contributed by atoms with van der Waals surface area (Å²) in [4.78, 5) is 6.76. The van der Waals surface area contributed by atoms with Crippen molar-refractivity contribution in [1.82, 2.24) is 4.90 Å². The molecule has 0 saturated carbocycles. The summed E-state index contributed by atoms with van der Waals surface area (Å²) in [6.45, 7) is 1.38. The second-order valence-electron chi connectivity index (χ2n) is 8.26. The van der Waals surface area contributed by atoms with Gasteiger partial charge in [-0.05, 0) is 37.6 Å². The molecule has 1 aliphatic rings. The van der Waals surface area contributed by atoms with Crippen molar-refractivity contribution in [2.75, 3.05) is 20.1 Å². The number of ether oxygens (including phenoxy) is 1. The predicted molar refractivity (Wildman–Crippen MR) is 122 cm³/mol. The van der Waals surface area contributed by atoms with Crippen molar-refractivity contribution in [3.63, 3.8) is 0 Å². The Morgan fingerprint density at radius 2 is 1.45 bits per heavy atom. The molecule has 0 aliphatic carbocycles. The van der Waals surface area contributed by atoms with Crippen LogP contribution in [0, 0.1) is 0 Å². The number of benzene rings is 3. The number of likely N-dealkylation sites (tertiary alicyclic amines) is 1. The van der Waals surface area contributed by atoms with Gasteiger partial charge in [0.15, 0.2) is 5.75 Å². The Bertz CT molecular complexity index is 1070. The first-order valence-electron chi connectivity index (χ1n) is 10.7. The minimum atomic E-state index is -4.87. The van der Waals surface area contributed by atoms with Crippen molar-refractivity contribution in [3.8, 4) is 5.75 Å². The predicted octanol–water partition coefficient (Wildman–Crippen LogP) is 5.67. The van der Waals surface area contributed by atoms with Crippen LogP contribution in [0.2, 0.25) is 0 Å². The van der Waals surface area contributed by atoms with E-state index in [0.717, 1.165) is 11.1 Å². The molecule has 0 amide bonds. The molecule has 1 aliphatic heterocycles. The van der Waals surface area contributed by atoms with Crippen molar-refractivity contribution < 1.29 is 23.0 Å². The number of aliphatic imine (C=N–C) groups is 1. The van der Waals surface area contributed by atoms with Crippen LogP contribution in [0.1, 0.15) is 29.5 Å². The SMILES string of the molecule is CN1CCC(O)(c2ccc(OC(F)(F)F)c(N=C(c3ccccc3)c3ccccc3)c2)CC1. The molecular formula is C26H25F3N2O2. The van der Waals surface area contributed by atoms with E-state index in [2.05, 4.69) is 14.6 Å². The number of halogens is 3. The second-order valence-corrected chi connectivity index (χ2v) is 8.26. The molecule has 3 aromatic carbocycles. The fourth-order valence-electron chi connectivity index (χ4n) is 3.99. The fraction of sp³-hybridized carbons (Fsp3) is 0.269. The van der Waals surface area contributed by atoms with Crippen LogP contribution in [-0.4, -0.2) is 42.2 Å². The summed E-state index contributed by atoms with van der Waals surface area (Å²) in [6, 6.07) is 22.8. The third-order valence-electron chi connectivity index (χ3n) is 5.86.